The Labute approximate surface area is 184 Å². The molecule has 0 heterocycles. The van der Waals surface area contributed by atoms with E-state index in [9.17, 15) is 0 Å². The Balaban J connectivity index is 1.75. The molecule has 4 aromatic carbocycles. The average Bonchev–Trinajstić information content (AvgIpc) is 3.69. The van der Waals surface area contributed by atoms with Gasteiger partial charge >= 0.3 is 0 Å². The van der Waals surface area contributed by atoms with E-state index in [-0.39, 0.29) is 0 Å². The summed E-state index contributed by atoms with van der Waals surface area (Å²) in [5.74, 6) is 0.529. The number of hydrogen-bond acceptors (Lipinski definition) is 1. The molecule has 0 amide bonds. The second kappa shape index (κ2) is 8.53. The third-order valence-corrected chi connectivity index (χ3v) is 9.05. The first-order valence-electron chi connectivity index (χ1n) is 10.8. The van der Waals surface area contributed by atoms with E-state index in [1.165, 1.54) is 24.0 Å². The summed E-state index contributed by atoms with van der Waals surface area (Å²) in [6.45, 7) is 0. The van der Waals surface area contributed by atoms with Crippen LogP contribution in [0.5, 0.6) is 0 Å². The Bertz CT molecular complexity index is 1200. The van der Waals surface area contributed by atoms with Crippen LogP contribution in [0.3, 0.4) is 0 Å². The van der Waals surface area contributed by atoms with Gasteiger partial charge in [0, 0.05) is 15.9 Å². The fourth-order valence-electron chi connectivity index (χ4n) is 4.23. The number of rotatable bonds is 6. The van der Waals surface area contributed by atoms with E-state index in [0.29, 0.717) is 5.92 Å². The highest BCUT2D eigenvalue weighted by atomic mass is 31.2. The van der Waals surface area contributed by atoms with Gasteiger partial charge in [-0.3, -0.25) is 0 Å². The van der Waals surface area contributed by atoms with Gasteiger partial charge in [0.2, 0.25) is 0 Å². The van der Waals surface area contributed by atoms with E-state index in [1.807, 2.05) is 72.8 Å². The monoisotopic (exact) mass is 420 g/mol. The predicted molar refractivity (Wildman–Crippen MR) is 133 cm³/mol. The van der Waals surface area contributed by atoms with Crippen LogP contribution in [0.4, 0.5) is 0 Å². The normalized spacial score (nSPS) is 14.4. The first-order valence-corrected chi connectivity index (χ1v) is 12.6. The minimum absolute atomic E-state index is 0.529. The maximum absolute atomic E-state index is 15.0. The highest BCUT2D eigenvalue weighted by Crippen LogP contribution is 2.48. The summed E-state index contributed by atoms with van der Waals surface area (Å²) in [7, 11) is -3.03. The lowest BCUT2D eigenvalue weighted by Crippen LogP contribution is -2.27. The SMILES string of the molecule is O=P(c1ccccc1)(c1ccccc1)c1ccccc1/C(=C/c1ccccc1)C1CC1. The summed E-state index contributed by atoms with van der Waals surface area (Å²) in [5.41, 5.74) is 3.60. The molecule has 0 saturated heterocycles. The van der Waals surface area contributed by atoms with Gasteiger partial charge in [-0.05, 0) is 35.5 Å². The van der Waals surface area contributed by atoms with Crippen molar-refractivity contribution < 1.29 is 4.57 Å². The molecular weight excluding hydrogens is 395 g/mol. The molecule has 0 N–H and O–H groups in total. The molecule has 0 bridgehead atoms. The molecule has 4 aromatic rings. The number of benzene rings is 4. The van der Waals surface area contributed by atoms with Crippen LogP contribution in [0.15, 0.2) is 115 Å². The van der Waals surface area contributed by atoms with Crippen molar-refractivity contribution in [1.29, 1.82) is 0 Å². The summed E-state index contributed by atoms with van der Waals surface area (Å²) in [6.07, 6.45) is 4.67. The molecule has 0 radical (unpaired) electrons. The van der Waals surface area contributed by atoms with Crippen LogP contribution >= 0.6 is 7.14 Å². The van der Waals surface area contributed by atoms with Crippen LogP contribution in [0.25, 0.3) is 11.6 Å². The zero-order valence-corrected chi connectivity index (χ0v) is 18.3. The predicted octanol–water partition coefficient (Wildman–Crippen LogP) is 6.28. The molecule has 1 aliphatic carbocycles. The summed E-state index contributed by atoms with van der Waals surface area (Å²) < 4.78 is 15.0. The van der Waals surface area contributed by atoms with Crippen LogP contribution in [0, 0.1) is 5.92 Å². The van der Waals surface area contributed by atoms with Crippen LogP contribution < -0.4 is 15.9 Å². The molecule has 0 aromatic heterocycles. The Morgan fingerprint density at radius 2 is 1.13 bits per heavy atom. The van der Waals surface area contributed by atoms with Gasteiger partial charge in [-0.25, -0.2) is 0 Å². The minimum Gasteiger partial charge on any atom is -0.309 e. The van der Waals surface area contributed by atoms with Gasteiger partial charge in [-0.1, -0.05) is 121 Å². The fraction of sp³-hybridized carbons (Fsp3) is 0.103. The molecule has 1 saturated carbocycles. The molecule has 2 heteroatoms. The highest BCUT2D eigenvalue weighted by Gasteiger charge is 2.35. The zero-order valence-electron chi connectivity index (χ0n) is 17.4. The number of hydrogen-bond donors (Lipinski definition) is 0. The minimum atomic E-state index is -3.03. The van der Waals surface area contributed by atoms with Crippen LogP contribution in [0.2, 0.25) is 0 Å². The van der Waals surface area contributed by atoms with Crippen molar-refractivity contribution in [2.24, 2.45) is 5.92 Å². The van der Waals surface area contributed by atoms with Crippen molar-refractivity contribution in [2.45, 2.75) is 12.8 Å². The Kier molecular flexibility index (Phi) is 5.45. The lowest BCUT2D eigenvalue weighted by molar-refractivity contribution is 0.592. The van der Waals surface area contributed by atoms with Crippen LogP contribution in [-0.2, 0) is 4.57 Å². The first kappa shape index (κ1) is 19.8. The average molecular weight is 420 g/mol. The van der Waals surface area contributed by atoms with Crippen molar-refractivity contribution in [1.82, 2.24) is 0 Å². The van der Waals surface area contributed by atoms with E-state index in [0.717, 1.165) is 21.5 Å². The molecule has 5 rings (SSSR count). The maximum Gasteiger partial charge on any atom is 0.171 e. The molecule has 152 valence electrons. The van der Waals surface area contributed by atoms with E-state index >= 15 is 4.57 Å². The topological polar surface area (TPSA) is 17.1 Å². The van der Waals surface area contributed by atoms with Gasteiger partial charge in [0.05, 0.1) is 0 Å². The van der Waals surface area contributed by atoms with Crippen molar-refractivity contribution in [3.8, 4) is 0 Å². The molecule has 0 spiro atoms. The van der Waals surface area contributed by atoms with Gasteiger partial charge in [0.25, 0.3) is 0 Å². The van der Waals surface area contributed by atoms with Gasteiger partial charge in [-0.2, -0.15) is 0 Å². The Morgan fingerprint density at radius 1 is 0.645 bits per heavy atom. The largest absolute Gasteiger partial charge is 0.309 e. The lowest BCUT2D eigenvalue weighted by atomic mass is 9.98. The highest BCUT2D eigenvalue weighted by molar-refractivity contribution is 7.85. The quantitative estimate of drug-likeness (QED) is 0.265. The standard InChI is InChI=1S/C29H25OP/c30-31(25-14-6-2-7-15-25,26-16-8-3-9-17-26)29-19-11-10-18-27(29)28(24-20-21-24)22-23-12-4-1-5-13-23/h1-19,22,24H,20-21H2/b28-22+. The van der Waals surface area contributed by atoms with Crippen LogP contribution in [-0.4, -0.2) is 0 Å². The summed E-state index contributed by atoms with van der Waals surface area (Å²) in [5, 5.41) is 2.69. The van der Waals surface area contributed by atoms with Crippen molar-refractivity contribution in [3.05, 3.63) is 126 Å². The number of allylic oxidation sites excluding steroid dienone is 1. The molecule has 1 fully saturated rings. The van der Waals surface area contributed by atoms with Crippen molar-refractivity contribution in [3.63, 3.8) is 0 Å². The van der Waals surface area contributed by atoms with E-state index in [2.05, 4.69) is 48.5 Å². The Hall–Kier alpha value is -3.15. The van der Waals surface area contributed by atoms with E-state index < -0.39 is 7.14 Å². The molecular formula is C29H25OP. The summed E-state index contributed by atoms with van der Waals surface area (Å²) >= 11 is 0. The second-order valence-electron chi connectivity index (χ2n) is 8.08. The first-order chi connectivity index (χ1) is 15.3. The molecule has 0 atom stereocenters. The zero-order chi connectivity index (χ0) is 21.1. The van der Waals surface area contributed by atoms with Crippen molar-refractivity contribution in [2.75, 3.05) is 0 Å². The summed E-state index contributed by atoms with van der Waals surface area (Å²) in [6, 6.07) is 38.7. The summed E-state index contributed by atoms with van der Waals surface area (Å²) in [4.78, 5) is 0. The third kappa shape index (κ3) is 3.94. The molecule has 1 aliphatic rings. The maximum atomic E-state index is 15.0. The molecule has 31 heavy (non-hydrogen) atoms. The van der Waals surface area contributed by atoms with Gasteiger partial charge in [-0.15, -0.1) is 0 Å². The van der Waals surface area contributed by atoms with Crippen molar-refractivity contribution >= 4 is 34.7 Å². The fourth-order valence-corrected chi connectivity index (χ4v) is 7.11. The lowest BCUT2D eigenvalue weighted by Gasteiger charge is -2.24. The molecule has 0 aliphatic heterocycles. The molecule has 1 nitrogen and oxygen atoms in total. The second-order valence-corrected chi connectivity index (χ2v) is 10.8. The van der Waals surface area contributed by atoms with Gasteiger partial charge < -0.3 is 4.57 Å². The smallest absolute Gasteiger partial charge is 0.171 e. The third-order valence-electron chi connectivity index (χ3n) is 5.93. The van der Waals surface area contributed by atoms with Gasteiger partial charge in [0.15, 0.2) is 7.14 Å². The molecule has 0 unspecified atom stereocenters. The van der Waals surface area contributed by atoms with Gasteiger partial charge in [0.1, 0.15) is 0 Å². The van der Waals surface area contributed by atoms with Crippen LogP contribution in [0.1, 0.15) is 24.0 Å². The van der Waals surface area contributed by atoms with E-state index in [1.54, 1.807) is 0 Å². The van der Waals surface area contributed by atoms with E-state index in [4.69, 9.17) is 0 Å². The Morgan fingerprint density at radius 3 is 1.68 bits per heavy atom.